The van der Waals surface area contributed by atoms with Crippen LogP contribution in [-0.2, 0) is 0 Å². The number of hydrogen-bond donors (Lipinski definition) is 1. The van der Waals surface area contributed by atoms with E-state index in [0.29, 0.717) is 17.4 Å². The van der Waals surface area contributed by atoms with Crippen LogP contribution in [0.25, 0.3) is 16.9 Å². The molecule has 2 aromatic carbocycles. The van der Waals surface area contributed by atoms with Gasteiger partial charge in [-0.15, -0.1) is 5.10 Å². The normalized spacial score (nSPS) is 11.1. The molecular weight excluding hydrogens is 279 g/mol. The third-order valence-corrected chi connectivity index (χ3v) is 3.63. The van der Waals surface area contributed by atoms with Crippen molar-refractivity contribution in [2.75, 3.05) is 5.73 Å². The molecule has 1 heterocycles. The molecule has 0 bridgehead atoms. The fourth-order valence-corrected chi connectivity index (χ4v) is 2.29. The molecule has 0 unspecified atom stereocenters. The topological polar surface area (TPSA) is 56.7 Å². The van der Waals surface area contributed by atoms with Gasteiger partial charge in [0, 0.05) is 5.56 Å². The zero-order valence-electron chi connectivity index (χ0n) is 12.5. The third kappa shape index (κ3) is 2.57. The summed E-state index contributed by atoms with van der Waals surface area (Å²) in [6.45, 7) is 4.29. The Hall–Kier alpha value is -2.69. The minimum atomic E-state index is -0.293. The number of nitrogen functional groups attached to an aromatic ring is 1. The fourth-order valence-electron chi connectivity index (χ4n) is 2.29. The number of aromatic nitrogens is 3. The summed E-state index contributed by atoms with van der Waals surface area (Å²) >= 11 is 0. The zero-order valence-corrected chi connectivity index (χ0v) is 12.5. The van der Waals surface area contributed by atoms with Crippen LogP contribution in [0.5, 0.6) is 0 Å². The summed E-state index contributed by atoms with van der Waals surface area (Å²) in [4.78, 5) is 0. The SMILES string of the molecule is CC(C)c1ccc(-n2nnc(-c3ccc(F)cc3)c2N)cc1. The first-order chi connectivity index (χ1) is 10.6. The van der Waals surface area contributed by atoms with Crippen LogP contribution < -0.4 is 5.73 Å². The van der Waals surface area contributed by atoms with Gasteiger partial charge in [0.1, 0.15) is 11.5 Å². The number of anilines is 1. The molecule has 3 rings (SSSR count). The molecule has 0 aliphatic carbocycles. The molecule has 22 heavy (non-hydrogen) atoms. The summed E-state index contributed by atoms with van der Waals surface area (Å²) in [7, 11) is 0. The van der Waals surface area contributed by atoms with Crippen molar-refractivity contribution in [2.24, 2.45) is 0 Å². The second-order valence-electron chi connectivity index (χ2n) is 5.49. The number of rotatable bonds is 3. The number of benzene rings is 2. The minimum absolute atomic E-state index is 0.293. The van der Waals surface area contributed by atoms with Crippen LogP contribution in [0.4, 0.5) is 10.2 Å². The van der Waals surface area contributed by atoms with E-state index >= 15 is 0 Å². The molecule has 5 heteroatoms. The van der Waals surface area contributed by atoms with Crippen LogP contribution in [0, 0.1) is 5.82 Å². The fraction of sp³-hybridized carbons (Fsp3) is 0.176. The number of halogens is 1. The van der Waals surface area contributed by atoms with Crippen molar-refractivity contribution in [1.29, 1.82) is 0 Å². The van der Waals surface area contributed by atoms with Crippen molar-refractivity contribution in [2.45, 2.75) is 19.8 Å². The summed E-state index contributed by atoms with van der Waals surface area (Å²) in [6, 6.07) is 14.1. The maximum Gasteiger partial charge on any atom is 0.155 e. The lowest BCUT2D eigenvalue weighted by Crippen LogP contribution is -2.02. The summed E-state index contributed by atoms with van der Waals surface area (Å²) < 4.78 is 14.6. The van der Waals surface area contributed by atoms with E-state index in [9.17, 15) is 4.39 Å². The van der Waals surface area contributed by atoms with Gasteiger partial charge in [-0.05, 0) is 47.9 Å². The van der Waals surface area contributed by atoms with Crippen molar-refractivity contribution in [1.82, 2.24) is 15.0 Å². The number of nitrogens with two attached hydrogens (primary N) is 1. The Bertz CT molecular complexity index is 773. The Morgan fingerprint density at radius 1 is 1.00 bits per heavy atom. The van der Waals surface area contributed by atoms with Crippen molar-refractivity contribution >= 4 is 5.82 Å². The molecule has 0 aliphatic heterocycles. The average molecular weight is 296 g/mol. The number of nitrogens with zero attached hydrogens (tertiary/aromatic N) is 3. The first kappa shape index (κ1) is 14.3. The Morgan fingerprint density at radius 3 is 2.23 bits per heavy atom. The van der Waals surface area contributed by atoms with E-state index in [-0.39, 0.29) is 5.82 Å². The summed E-state index contributed by atoms with van der Waals surface area (Å²) in [5, 5.41) is 8.22. The smallest absolute Gasteiger partial charge is 0.155 e. The molecule has 1 aromatic heterocycles. The zero-order chi connectivity index (χ0) is 15.7. The molecule has 3 aromatic rings. The largest absolute Gasteiger partial charge is 0.382 e. The average Bonchev–Trinajstić information content (AvgIpc) is 2.90. The maximum absolute atomic E-state index is 13.0. The highest BCUT2D eigenvalue weighted by atomic mass is 19.1. The third-order valence-electron chi connectivity index (χ3n) is 3.63. The van der Waals surface area contributed by atoms with Crippen molar-refractivity contribution < 1.29 is 4.39 Å². The number of hydrogen-bond acceptors (Lipinski definition) is 3. The van der Waals surface area contributed by atoms with Gasteiger partial charge in [0.25, 0.3) is 0 Å². The highest BCUT2D eigenvalue weighted by Crippen LogP contribution is 2.26. The predicted octanol–water partition coefficient (Wildman–Crippen LogP) is 3.78. The summed E-state index contributed by atoms with van der Waals surface area (Å²) in [5.74, 6) is 0.611. The molecule has 112 valence electrons. The molecule has 4 nitrogen and oxygen atoms in total. The molecule has 0 amide bonds. The quantitative estimate of drug-likeness (QED) is 0.800. The van der Waals surface area contributed by atoms with Gasteiger partial charge >= 0.3 is 0 Å². The second-order valence-corrected chi connectivity index (χ2v) is 5.49. The maximum atomic E-state index is 13.0. The van der Waals surface area contributed by atoms with Gasteiger partial charge in [0.05, 0.1) is 5.69 Å². The monoisotopic (exact) mass is 296 g/mol. The molecule has 0 saturated heterocycles. The summed E-state index contributed by atoms with van der Waals surface area (Å²) in [6.07, 6.45) is 0. The van der Waals surface area contributed by atoms with E-state index < -0.39 is 0 Å². The Kier molecular flexibility index (Phi) is 3.63. The van der Waals surface area contributed by atoms with Crippen LogP contribution in [-0.4, -0.2) is 15.0 Å². The van der Waals surface area contributed by atoms with Gasteiger partial charge in [-0.2, -0.15) is 4.68 Å². The van der Waals surface area contributed by atoms with Crippen LogP contribution in [0.2, 0.25) is 0 Å². The first-order valence-corrected chi connectivity index (χ1v) is 7.13. The minimum Gasteiger partial charge on any atom is -0.382 e. The van der Waals surface area contributed by atoms with Gasteiger partial charge in [-0.1, -0.05) is 31.2 Å². The van der Waals surface area contributed by atoms with Crippen LogP contribution in [0.1, 0.15) is 25.3 Å². The van der Waals surface area contributed by atoms with E-state index in [1.807, 2.05) is 12.1 Å². The molecule has 2 N–H and O–H groups in total. The molecule has 0 fully saturated rings. The van der Waals surface area contributed by atoms with E-state index in [1.54, 1.807) is 16.8 Å². The van der Waals surface area contributed by atoms with Gasteiger partial charge in [-0.3, -0.25) is 0 Å². The molecule has 0 atom stereocenters. The van der Waals surface area contributed by atoms with Crippen molar-refractivity contribution in [3.63, 3.8) is 0 Å². The van der Waals surface area contributed by atoms with Crippen LogP contribution >= 0.6 is 0 Å². The van der Waals surface area contributed by atoms with E-state index in [4.69, 9.17) is 5.73 Å². The van der Waals surface area contributed by atoms with Gasteiger partial charge in [-0.25, -0.2) is 4.39 Å². The Labute approximate surface area is 128 Å². The van der Waals surface area contributed by atoms with Gasteiger partial charge in [0.2, 0.25) is 0 Å². The lowest BCUT2D eigenvalue weighted by molar-refractivity contribution is 0.628. The lowest BCUT2D eigenvalue weighted by atomic mass is 10.0. The first-order valence-electron chi connectivity index (χ1n) is 7.13. The highest BCUT2D eigenvalue weighted by molar-refractivity contribution is 5.70. The van der Waals surface area contributed by atoms with Crippen molar-refractivity contribution in [3.8, 4) is 16.9 Å². The molecule has 0 radical (unpaired) electrons. The van der Waals surface area contributed by atoms with Crippen LogP contribution in [0.15, 0.2) is 48.5 Å². The highest BCUT2D eigenvalue weighted by Gasteiger charge is 2.13. The van der Waals surface area contributed by atoms with E-state index in [1.165, 1.54) is 17.7 Å². The Morgan fingerprint density at radius 2 is 1.64 bits per heavy atom. The van der Waals surface area contributed by atoms with Gasteiger partial charge in [0.15, 0.2) is 5.82 Å². The van der Waals surface area contributed by atoms with Crippen LogP contribution in [0.3, 0.4) is 0 Å². The second kappa shape index (κ2) is 5.60. The molecule has 0 spiro atoms. The standard InChI is InChI=1S/C17H17FN4/c1-11(2)12-5-9-15(10-6-12)22-17(19)16(20-21-22)13-3-7-14(18)8-4-13/h3-11H,19H2,1-2H3. The lowest BCUT2D eigenvalue weighted by Gasteiger charge is -2.07. The van der Waals surface area contributed by atoms with Crippen molar-refractivity contribution in [3.05, 3.63) is 59.9 Å². The Balaban J connectivity index is 1.98. The molecule has 0 aliphatic rings. The molecule has 0 saturated carbocycles. The molecular formula is C17H17FN4. The predicted molar refractivity (Wildman–Crippen MR) is 85.3 cm³/mol. The van der Waals surface area contributed by atoms with E-state index in [0.717, 1.165) is 11.3 Å². The summed E-state index contributed by atoms with van der Waals surface area (Å²) in [5.41, 5.74) is 9.54. The van der Waals surface area contributed by atoms with Gasteiger partial charge < -0.3 is 5.73 Å². The van der Waals surface area contributed by atoms with E-state index in [2.05, 4.69) is 36.3 Å².